The number of rotatable bonds is 12. The van der Waals surface area contributed by atoms with Crippen molar-refractivity contribution in [3.8, 4) is 28.0 Å². The lowest BCUT2D eigenvalue weighted by Crippen LogP contribution is -2.60. The molecule has 0 radical (unpaired) electrons. The van der Waals surface area contributed by atoms with Crippen LogP contribution in [-0.4, -0.2) is 86.5 Å². The Kier molecular flexibility index (Phi) is 13.1. The van der Waals surface area contributed by atoms with Crippen LogP contribution in [0.1, 0.15) is 113 Å². The number of anilines is 1. The van der Waals surface area contributed by atoms with Crippen molar-refractivity contribution in [3.05, 3.63) is 122 Å². The number of nitrogens with one attached hydrogen (secondary N) is 3. The van der Waals surface area contributed by atoms with Crippen LogP contribution in [-0.2, 0) is 18.4 Å². The van der Waals surface area contributed by atoms with Gasteiger partial charge in [0.2, 0.25) is 0 Å². The van der Waals surface area contributed by atoms with Crippen LogP contribution in [0.3, 0.4) is 0 Å². The zero-order valence-electron chi connectivity index (χ0n) is 39.0. The molecule has 0 atom stereocenters. The Morgan fingerprint density at radius 3 is 2.39 bits per heavy atom. The van der Waals surface area contributed by atoms with E-state index in [1.54, 1.807) is 29.5 Å². The highest BCUT2D eigenvalue weighted by Gasteiger charge is 2.47. The fourth-order valence-electron chi connectivity index (χ4n) is 9.86. The van der Waals surface area contributed by atoms with Crippen molar-refractivity contribution in [3.63, 3.8) is 0 Å². The minimum absolute atomic E-state index is 0.00201. The van der Waals surface area contributed by atoms with Crippen molar-refractivity contribution >= 4 is 51.5 Å². The average Bonchev–Trinajstić information content (AvgIpc) is 3.94. The van der Waals surface area contributed by atoms with Gasteiger partial charge in [-0.2, -0.15) is 5.26 Å². The van der Waals surface area contributed by atoms with Gasteiger partial charge in [0.25, 0.3) is 11.8 Å². The van der Waals surface area contributed by atoms with Crippen molar-refractivity contribution in [2.75, 3.05) is 38.0 Å². The first-order valence-electron chi connectivity index (χ1n) is 23.4. The summed E-state index contributed by atoms with van der Waals surface area (Å²) in [4.78, 5) is 45.4. The highest BCUT2D eigenvalue weighted by atomic mass is 35.5. The van der Waals surface area contributed by atoms with Crippen molar-refractivity contribution in [2.24, 2.45) is 5.41 Å². The summed E-state index contributed by atoms with van der Waals surface area (Å²) >= 11 is 8.37. The first-order valence-corrected chi connectivity index (χ1v) is 24.6. The first-order chi connectivity index (χ1) is 32.1. The Balaban J connectivity index is 0.795. The van der Waals surface area contributed by atoms with Gasteiger partial charge in [-0.25, -0.2) is 9.97 Å². The van der Waals surface area contributed by atoms with E-state index in [1.807, 2.05) is 78.2 Å². The molecule has 1 aliphatic carbocycles. The predicted octanol–water partition coefficient (Wildman–Crippen LogP) is 10.3. The number of aromatic nitrogens is 3. The summed E-state index contributed by atoms with van der Waals surface area (Å²) in [5, 5.41) is 28.3. The second kappa shape index (κ2) is 19.0. The Bertz CT molecular complexity index is 2850. The lowest BCUT2D eigenvalue weighted by atomic mass is 9.67. The van der Waals surface area contributed by atoms with E-state index < -0.39 is 0 Å². The van der Waals surface area contributed by atoms with E-state index >= 15 is 0 Å². The van der Waals surface area contributed by atoms with Gasteiger partial charge in [0.1, 0.15) is 28.9 Å². The zero-order valence-corrected chi connectivity index (χ0v) is 40.5. The largest absolute Gasteiger partial charge is 0.508 e. The molecule has 0 unspecified atom stereocenters. The Labute approximate surface area is 401 Å². The number of hydrogen-bond acceptors (Lipinski definition) is 10. The number of halogens is 1. The minimum atomic E-state index is -0.270. The Morgan fingerprint density at radius 2 is 1.66 bits per heavy atom. The molecule has 0 bridgehead atoms. The number of thiazole rings is 1. The normalized spacial score (nSPS) is 16.6. The molecule has 1 saturated carbocycles. The second-order valence-electron chi connectivity index (χ2n) is 19.9. The molecule has 2 saturated heterocycles. The standard InChI is InChI=1S/C53H59ClN8O4S/c1-32-10-12-40(23-36(32)28-55)57-39-16-21-61(22-17-39)50(64)34-7-6-8-41(24-34)66-29-46-60-49(52(3,4)5)48(67-46)42-26-37(54)27-43-47(42)59-45(58-43)15-20-56-38-13-18-53(19-14-38)30-62(31-53)51(65)35-11-9-33(2)44(63)25-35/h6-12,23-27,38-39,56-57,63H,13-22,29-31H2,1-5H3,(H,58,59). The van der Waals surface area contributed by atoms with Gasteiger partial charge in [-0.3, -0.25) is 9.59 Å². The van der Waals surface area contributed by atoms with Gasteiger partial charge in [-0.15, -0.1) is 11.3 Å². The molecule has 12 nitrogen and oxygen atoms in total. The van der Waals surface area contributed by atoms with E-state index in [4.69, 9.17) is 26.3 Å². The number of aromatic hydroxyl groups is 1. The van der Waals surface area contributed by atoms with Gasteiger partial charge in [0.15, 0.2) is 0 Å². The number of hydrogen-bond donors (Lipinski definition) is 4. The van der Waals surface area contributed by atoms with Crippen LogP contribution in [0.2, 0.25) is 5.02 Å². The van der Waals surface area contributed by atoms with Crippen LogP contribution in [0.5, 0.6) is 11.5 Å². The summed E-state index contributed by atoms with van der Waals surface area (Å²) in [6, 6.07) is 25.3. The molecular formula is C53H59ClN8O4S. The van der Waals surface area contributed by atoms with Crippen LogP contribution in [0.25, 0.3) is 21.5 Å². The Hall–Kier alpha value is -5.94. The number of nitriles is 1. The van der Waals surface area contributed by atoms with Gasteiger partial charge in [0.05, 0.1) is 33.2 Å². The lowest BCUT2D eigenvalue weighted by molar-refractivity contribution is -0.0202. The van der Waals surface area contributed by atoms with E-state index in [1.165, 1.54) is 0 Å². The third-order valence-electron chi connectivity index (χ3n) is 13.8. The molecule has 4 heterocycles. The first kappa shape index (κ1) is 46.2. The fraction of sp³-hybridized carbons (Fsp3) is 0.415. The summed E-state index contributed by atoms with van der Waals surface area (Å²) in [5.41, 5.74) is 8.03. The number of phenolic OH excluding ortho intramolecular Hbond substituents is 1. The van der Waals surface area contributed by atoms with Crippen molar-refractivity contribution in [2.45, 2.75) is 104 Å². The minimum Gasteiger partial charge on any atom is -0.508 e. The number of likely N-dealkylation sites (tertiary alicyclic amines) is 2. The summed E-state index contributed by atoms with van der Waals surface area (Å²) in [6.45, 7) is 14.1. The predicted molar refractivity (Wildman–Crippen MR) is 265 cm³/mol. The molecule has 1 spiro atoms. The fourth-order valence-corrected chi connectivity index (χ4v) is 11.3. The van der Waals surface area contributed by atoms with Gasteiger partial charge >= 0.3 is 0 Å². The highest BCUT2D eigenvalue weighted by molar-refractivity contribution is 7.15. The third kappa shape index (κ3) is 10.2. The number of carbonyl (C=O) groups is 2. The monoisotopic (exact) mass is 938 g/mol. The van der Waals surface area contributed by atoms with Crippen LogP contribution in [0.4, 0.5) is 5.69 Å². The molecular weight excluding hydrogens is 880 g/mol. The van der Waals surface area contributed by atoms with Crippen molar-refractivity contribution in [1.82, 2.24) is 30.1 Å². The average molecular weight is 940 g/mol. The number of nitrogens with zero attached hydrogens (tertiary/aromatic N) is 5. The number of carbonyl (C=O) groups excluding carboxylic acids is 2. The van der Waals surface area contributed by atoms with E-state index in [2.05, 4.69) is 42.5 Å². The van der Waals surface area contributed by atoms with E-state index in [-0.39, 0.29) is 41.0 Å². The molecule has 3 fully saturated rings. The molecule has 2 amide bonds. The summed E-state index contributed by atoms with van der Waals surface area (Å²) in [7, 11) is 0. The molecule has 3 aliphatic rings. The number of imidazole rings is 1. The lowest BCUT2D eigenvalue weighted by Gasteiger charge is -2.53. The quantitative estimate of drug-likeness (QED) is 0.0937. The molecule has 2 aliphatic heterocycles. The third-order valence-corrected chi connectivity index (χ3v) is 15.1. The van der Waals surface area contributed by atoms with Crippen LogP contribution < -0.4 is 15.4 Å². The second-order valence-corrected chi connectivity index (χ2v) is 21.4. The molecule has 4 N–H and O–H groups in total. The number of amides is 2. The number of fused-ring (bicyclic) bond motifs is 1. The maximum atomic E-state index is 13.7. The number of piperidine rings is 1. The zero-order chi connectivity index (χ0) is 47.0. The van der Waals surface area contributed by atoms with Crippen LogP contribution in [0, 0.1) is 30.6 Å². The van der Waals surface area contributed by atoms with Gasteiger partial charge in [-0.05, 0) is 118 Å². The maximum Gasteiger partial charge on any atom is 0.254 e. The van der Waals surface area contributed by atoms with E-state index in [0.29, 0.717) is 46.6 Å². The number of ether oxygens (including phenoxy) is 1. The number of aromatic amines is 1. The summed E-state index contributed by atoms with van der Waals surface area (Å²) in [5.74, 6) is 1.65. The summed E-state index contributed by atoms with van der Waals surface area (Å²) < 4.78 is 6.33. The molecule has 67 heavy (non-hydrogen) atoms. The molecule has 6 aromatic rings. The van der Waals surface area contributed by atoms with Gasteiger partial charge in [-0.1, -0.05) is 50.6 Å². The van der Waals surface area contributed by atoms with Gasteiger partial charge < -0.3 is 35.3 Å². The SMILES string of the molecule is Cc1ccc(C(=O)N2CC3(CCC(NCCc4nc5c(-c6sc(COc7cccc(C(=O)N8CCC(Nc9ccc(C)c(C#N)c9)CC8)c7)nc6C(C)(C)C)cc(Cl)cc5[nH]4)CC3)C2)cc1O. The molecule has 9 rings (SSSR count). The highest BCUT2D eigenvalue weighted by Crippen LogP contribution is 2.45. The van der Waals surface area contributed by atoms with Crippen LogP contribution in [0.15, 0.2) is 72.8 Å². The molecule has 4 aromatic carbocycles. The number of aryl methyl sites for hydroxylation is 2. The van der Waals surface area contributed by atoms with E-state index in [0.717, 1.165) is 119 Å². The smallest absolute Gasteiger partial charge is 0.254 e. The molecule has 2 aromatic heterocycles. The van der Waals surface area contributed by atoms with Crippen LogP contribution >= 0.6 is 22.9 Å². The molecule has 14 heteroatoms. The number of phenols is 1. The molecule has 348 valence electrons. The Morgan fingerprint density at radius 1 is 0.925 bits per heavy atom. The van der Waals surface area contributed by atoms with Crippen molar-refractivity contribution < 1.29 is 19.4 Å². The topological polar surface area (TPSA) is 160 Å². The summed E-state index contributed by atoms with van der Waals surface area (Å²) in [6.07, 6.45) is 6.69. The maximum absolute atomic E-state index is 13.7. The van der Waals surface area contributed by atoms with E-state index in [9.17, 15) is 20.0 Å². The van der Waals surface area contributed by atoms with Crippen molar-refractivity contribution in [1.29, 1.82) is 5.26 Å². The van der Waals surface area contributed by atoms with Gasteiger partial charge in [0, 0.05) is 89.5 Å². The number of H-pyrrole nitrogens is 1. The number of benzene rings is 4.